The molecule has 1 fully saturated rings. The topological polar surface area (TPSA) is 52.2 Å². The van der Waals surface area contributed by atoms with E-state index in [1.807, 2.05) is 6.92 Å². The highest BCUT2D eigenvalue weighted by molar-refractivity contribution is 5.23. The van der Waals surface area contributed by atoms with E-state index < -0.39 is 0 Å². The normalized spacial score (nSPS) is 22.5. The summed E-state index contributed by atoms with van der Waals surface area (Å²) in [5.41, 5.74) is 3.58. The lowest BCUT2D eigenvalue weighted by Gasteiger charge is -2.15. The molecule has 1 aliphatic heterocycles. The Balaban J connectivity index is 1.98. The number of aromatic nitrogens is 2. The van der Waals surface area contributed by atoms with Crippen LogP contribution in [0.3, 0.4) is 0 Å². The summed E-state index contributed by atoms with van der Waals surface area (Å²) in [6.07, 6.45) is 1.12. The van der Waals surface area contributed by atoms with Gasteiger partial charge in [-0.3, -0.25) is 10.00 Å². The number of aliphatic hydroxyl groups excluding tert-OH is 1. The maximum atomic E-state index is 9.07. The minimum atomic E-state index is 0.319. The number of hydrogen-bond acceptors (Lipinski definition) is 3. The second kappa shape index (κ2) is 4.33. The van der Waals surface area contributed by atoms with Crippen LogP contribution in [0.5, 0.6) is 0 Å². The van der Waals surface area contributed by atoms with Gasteiger partial charge >= 0.3 is 0 Å². The second-order valence-corrected chi connectivity index (χ2v) is 4.48. The van der Waals surface area contributed by atoms with E-state index in [1.165, 1.54) is 11.3 Å². The highest BCUT2D eigenvalue weighted by Gasteiger charge is 2.22. The molecule has 0 spiro atoms. The Morgan fingerprint density at radius 1 is 1.53 bits per heavy atom. The van der Waals surface area contributed by atoms with Crippen LogP contribution in [0.2, 0.25) is 0 Å². The van der Waals surface area contributed by atoms with Crippen molar-refractivity contribution in [3.8, 4) is 0 Å². The minimum Gasteiger partial charge on any atom is -0.396 e. The Bertz CT molecular complexity index is 315. The SMILES string of the molecule is Cc1n[nH]c(C)c1CN1CCC(CO)C1. The van der Waals surface area contributed by atoms with Crippen LogP contribution >= 0.6 is 0 Å². The van der Waals surface area contributed by atoms with Gasteiger partial charge in [0.05, 0.1) is 5.69 Å². The van der Waals surface area contributed by atoms with Crippen molar-refractivity contribution in [1.82, 2.24) is 15.1 Å². The van der Waals surface area contributed by atoms with Gasteiger partial charge in [0.2, 0.25) is 0 Å². The summed E-state index contributed by atoms with van der Waals surface area (Å²) in [6, 6.07) is 0. The summed E-state index contributed by atoms with van der Waals surface area (Å²) in [7, 11) is 0. The molecular weight excluding hydrogens is 190 g/mol. The van der Waals surface area contributed by atoms with E-state index in [1.54, 1.807) is 0 Å². The van der Waals surface area contributed by atoms with Gasteiger partial charge in [0.15, 0.2) is 0 Å². The van der Waals surface area contributed by atoms with Gasteiger partial charge < -0.3 is 5.11 Å². The molecule has 15 heavy (non-hydrogen) atoms. The molecule has 0 amide bonds. The lowest BCUT2D eigenvalue weighted by atomic mass is 10.1. The molecule has 1 aromatic rings. The van der Waals surface area contributed by atoms with Crippen molar-refractivity contribution in [3.63, 3.8) is 0 Å². The molecule has 4 nitrogen and oxygen atoms in total. The van der Waals surface area contributed by atoms with Crippen molar-refractivity contribution < 1.29 is 5.11 Å². The Morgan fingerprint density at radius 2 is 2.33 bits per heavy atom. The highest BCUT2D eigenvalue weighted by atomic mass is 16.3. The van der Waals surface area contributed by atoms with Gasteiger partial charge in [0.1, 0.15) is 0 Å². The van der Waals surface area contributed by atoms with Crippen molar-refractivity contribution in [2.45, 2.75) is 26.8 Å². The van der Waals surface area contributed by atoms with Crippen LogP contribution < -0.4 is 0 Å². The number of aliphatic hydroxyl groups is 1. The molecule has 1 aliphatic rings. The number of nitrogens with zero attached hydrogens (tertiary/aromatic N) is 2. The molecule has 2 rings (SSSR count). The Morgan fingerprint density at radius 3 is 2.87 bits per heavy atom. The summed E-state index contributed by atoms with van der Waals surface area (Å²) < 4.78 is 0. The predicted molar refractivity (Wildman–Crippen MR) is 58.5 cm³/mol. The van der Waals surface area contributed by atoms with Crippen molar-refractivity contribution in [2.24, 2.45) is 5.92 Å². The Hall–Kier alpha value is -0.870. The Kier molecular flexibility index (Phi) is 3.07. The molecule has 2 N–H and O–H groups in total. The minimum absolute atomic E-state index is 0.319. The van der Waals surface area contributed by atoms with Gasteiger partial charge in [-0.2, -0.15) is 5.10 Å². The third-order valence-electron chi connectivity index (χ3n) is 3.29. The molecule has 2 heterocycles. The maximum absolute atomic E-state index is 9.07. The molecule has 0 radical (unpaired) electrons. The van der Waals surface area contributed by atoms with Crippen molar-refractivity contribution in [1.29, 1.82) is 0 Å². The van der Waals surface area contributed by atoms with E-state index in [0.717, 1.165) is 31.7 Å². The van der Waals surface area contributed by atoms with E-state index in [2.05, 4.69) is 22.0 Å². The zero-order chi connectivity index (χ0) is 10.8. The number of likely N-dealkylation sites (tertiary alicyclic amines) is 1. The molecule has 1 unspecified atom stereocenters. The fourth-order valence-electron chi connectivity index (χ4n) is 2.24. The lowest BCUT2D eigenvalue weighted by Crippen LogP contribution is -2.21. The van der Waals surface area contributed by atoms with Gasteiger partial charge in [-0.05, 0) is 32.7 Å². The molecular formula is C11H19N3O. The van der Waals surface area contributed by atoms with Gasteiger partial charge in [-0.1, -0.05) is 0 Å². The van der Waals surface area contributed by atoms with Gasteiger partial charge in [0.25, 0.3) is 0 Å². The molecule has 0 bridgehead atoms. The summed E-state index contributed by atoms with van der Waals surface area (Å²) >= 11 is 0. The number of hydrogen-bond donors (Lipinski definition) is 2. The molecule has 1 atom stereocenters. The van der Waals surface area contributed by atoms with Gasteiger partial charge in [0, 0.05) is 31.0 Å². The summed E-state index contributed by atoms with van der Waals surface area (Å²) in [5, 5.41) is 16.3. The quantitative estimate of drug-likeness (QED) is 0.775. The third kappa shape index (κ3) is 2.21. The van der Waals surface area contributed by atoms with Crippen molar-refractivity contribution in [2.75, 3.05) is 19.7 Å². The predicted octanol–water partition coefficient (Wildman–Crippen LogP) is 0.841. The molecule has 1 saturated heterocycles. The fourth-order valence-corrected chi connectivity index (χ4v) is 2.24. The number of aromatic amines is 1. The van der Waals surface area contributed by atoms with Crippen molar-refractivity contribution in [3.05, 3.63) is 17.0 Å². The monoisotopic (exact) mass is 209 g/mol. The smallest absolute Gasteiger partial charge is 0.0639 e. The number of aryl methyl sites for hydroxylation is 2. The van der Waals surface area contributed by atoms with Gasteiger partial charge in [-0.15, -0.1) is 0 Å². The largest absolute Gasteiger partial charge is 0.396 e. The molecule has 0 saturated carbocycles. The number of H-pyrrole nitrogens is 1. The summed E-state index contributed by atoms with van der Waals surface area (Å²) in [5.74, 6) is 0.470. The average molecular weight is 209 g/mol. The van der Waals surface area contributed by atoms with Crippen molar-refractivity contribution >= 4 is 0 Å². The summed E-state index contributed by atoms with van der Waals surface area (Å²) in [6.45, 7) is 7.49. The highest BCUT2D eigenvalue weighted by Crippen LogP contribution is 2.20. The van der Waals surface area contributed by atoms with Crippen LogP contribution in [0.15, 0.2) is 0 Å². The molecule has 0 aromatic carbocycles. The number of rotatable bonds is 3. The van der Waals surface area contributed by atoms with Crippen LogP contribution in [0, 0.1) is 19.8 Å². The first-order valence-corrected chi connectivity index (χ1v) is 5.54. The number of nitrogens with one attached hydrogen (secondary N) is 1. The first-order valence-electron chi connectivity index (χ1n) is 5.54. The van der Waals surface area contributed by atoms with Crippen LogP contribution in [0.1, 0.15) is 23.4 Å². The van der Waals surface area contributed by atoms with Gasteiger partial charge in [-0.25, -0.2) is 0 Å². The fraction of sp³-hybridized carbons (Fsp3) is 0.727. The molecule has 1 aromatic heterocycles. The average Bonchev–Trinajstić information content (AvgIpc) is 2.80. The Labute approximate surface area is 90.3 Å². The summed E-state index contributed by atoms with van der Waals surface area (Å²) in [4.78, 5) is 2.39. The lowest BCUT2D eigenvalue weighted by molar-refractivity contribution is 0.220. The van der Waals surface area contributed by atoms with Crippen LogP contribution in [-0.4, -0.2) is 39.9 Å². The van der Waals surface area contributed by atoms with Crippen LogP contribution in [-0.2, 0) is 6.54 Å². The van der Waals surface area contributed by atoms with E-state index >= 15 is 0 Å². The maximum Gasteiger partial charge on any atom is 0.0639 e. The standard InChI is InChI=1S/C11H19N3O/c1-8-11(9(2)13-12-8)6-14-4-3-10(5-14)7-15/h10,15H,3-7H2,1-2H3,(H,12,13). The van der Waals surface area contributed by atoms with E-state index in [-0.39, 0.29) is 0 Å². The van der Waals surface area contributed by atoms with E-state index in [0.29, 0.717) is 12.5 Å². The molecule has 4 heteroatoms. The first-order chi connectivity index (χ1) is 7.20. The second-order valence-electron chi connectivity index (χ2n) is 4.48. The van der Waals surface area contributed by atoms with E-state index in [4.69, 9.17) is 5.11 Å². The molecule has 0 aliphatic carbocycles. The molecule has 84 valence electrons. The van der Waals surface area contributed by atoms with Crippen LogP contribution in [0.4, 0.5) is 0 Å². The zero-order valence-electron chi connectivity index (χ0n) is 9.45. The zero-order valence-corrected chi connectivity index (χ0v) is 9.45. The third-order valence-corrected chi connectivity index (χ3v) is 3.29. The van der Waals surface area contributed by atoms with Crippen LogP contribution in [0.25, 0.3) is 0 Å². The first kappa shape index (κ1) is 10.6. The van der Waals surface area contributed by atoms with E-state index in [9.17, 15) is 0 Å².